The van der Waals surface area contributed by atoms with Gasteiger partial charge in [-0.15, -0.1) is 0 Å². The highest BCUT2D eigenvalue weighted by Crippen LogP contribution is 1.92. The Morgan fingerprint density at radius 2 is 2.29 bits per heavy atom. The van der Waals surface area contributed by atoms with E-state index in [2.05, 4.69) is 0 Å². The van der Waals surface area contributed by atoms with Gasteiger partial charge in [-0.05, 0) is 13.8 Å². The van der Waals surface area contributed by atoms with Gasteiger partial charge in [-0.25, -0.2) is 0 Å². The summed E-state index contributed by atoms with van der Waals surface area (Å²) in [6, 6.07) is 0. The van der Waals surface area contributed by atoms with Crippen molar-refractivity contribution < 1.29 is 4.79 Å². The van der Waals surface area contributed by atoms with E-state index in [9.17, 15) is 4.79 Å². The smallest absolute Gasteiger partial charge is 0.124 e. The van der Waals surface area contributed by atoms with E-state index in [0.29, 0.717) is 6.42 Å². The number of carbonyl (C=O) groups excluding carboxylic acids is 1. The van der Waals surface area contributed by atoms with E-state index < -0.39 is 0 Å². The van der Waals surface area contributed by atoms with E-state index in [-0.39, 0.29) is 0 Å². The van der Waals surface area contributed by atoms with Gasteiger partial charge in [-0.1, -0.05) is 11.6 Å². The maximum atomic E-state index is 9.73. The molecule has 0 unspecified atom stereocenters. The number of hydrogen-bond acceptors (Lipinski definition) is 1. The quantitative estimate of drug-likeness (QED) is 0.378. The third-order valence-corrected chi connectivity index (χ3v) is 0.898. The molecule has 0 amide bonds. The van der Waals surface area contributed by atoms with Crippen molar-refractivity contribution in [1.82, 2.24) is 0 Å². The van der Waals surface area contributed by atoms with Crippen LogP contribution in [0, 0.1) is 0 Å². The molecule has 7 heavy (non-hydrogen) atoms. The minimum absolute atomic E-state index is 0.580. The first-order valence-electron chi connectivity index (χ1n) is 2.36. The van der Waals surface area contributed by atoms with Crippen molar-refractivity contribution in [1.29, 1.82) is 0 Å². The summed E-state index contributed by atoms with van der Waals surface area (Å²) < 4.78 is 0. The predicted octanol–water partition coefficient (Wildman–Crippen LogP) is 1.54. The average molecular weight is 98.1 g/mol. The van der Waals surface area contributed by atoms with Crippen molar-refractivity contribution in [3.8, 4) is 0 Å². The van der Waals surface area contributed by atoms with Gasteiger partial charge in [0.25, 0.3) is 0 Å². The van der Waals surface area contributed by atoms with Crippen LogP contribution in [0.25, 0.3) is 0 Å². The Hall–Kier alpha value is -0.590. The van der Waals surface area contributed by atoms with Gasteiger partial charge in [0.1, 0.15) is 6.29 Å². The largest absolute Gasteiger partial charge is 0.303 e. The molecule has 0 aromatic heterocycles. The van der Waals surface area contributed by atoms with Crippen LogP contribution in [0.1, 0.15) is 20.3 Å². The SMILES string of the molecule is CC=C(C)CC=O. The molecule has 0 aliphatic heterocycles. The van der Waals surface area contributed by atoms with Crippen LogP contribution < -0.4 is 0 Å². The number of hydrogen-bond donors (Lipinski definition) is 0. The van der Waals surface area contributed by atoms with Gasteiger partial charge in [0.05, 0.1) is 0 Å². The summed E-state index contributed by atoms with van der Waals surface area (Å²) in [7, 11) is 0. The Balaban J connectivity index is 3.36. The second-order valence-electron chi connectivity index (χ2n) is 1.51. The molecule has 0 aromatic rings. The van der Waals surface area contributed by atoms with Crippen molar-refractivity contribution in [2.45, 2.75) is 20.3 Å². The standard InChI is InChI=1S/C6H10O/c1-3-6(2)4-5-7/h3,5H,4H2,1-2H3. The van der Waals surface area contributed by atoms with Gasteiger partial charge in [0, 0.05) is 6.42 Å². The first-order chi connectivity index (χ1) is 3.31. The van der Waals surface area contributed by atoms with Crippen molar-refractivity contribution in [3.05, 3.63) is 11.6 Å². The topological polar surface area (TPSA) is 17.1 Å². The van der Waals surface area contributed by atoms with E-state index in [4.69, 9.17) is 0 Å². The van der Waals surface area contributed by atoms with Crippen LogP contribution in [-0.4, -0.2) is 6.29 Å². The summed E-state index contributed by atoms with van der Waals surface area (Å²) in [5.74, 6) is 0. The fraction of sp³-hybridized carbons (Fsp3) is 0.500. The Bertz CT molecular complexity index is 82.2. The first kappa shape index (κ1) is 6.41. The van der Waals surface area contributed by atoms with Crippen LogP contribution in [0.15, 0.2) is 11.6 Å². The Morgan fingerprint density at radius 1 is 1.71 bits per heavy atom. The second-order valence-corrected chi connectivity index (χ2v) is 1.51. The molecular weight excluding hydrogens is 88.1 g/mol. The zero-order valence-corrected chi connectivity index (χ0v) is 4.77. The first-order valence-corrected chi connectivity index (χ1v) is 2.36. The molecule has 0 aliphatic rings. The molecule has 0 atom stereocenters. The average Bonchev–Trinajstić information content (AvgIpc) is 1.68. The third kappa shape index (κ3) is 3.23. The molecule has 0 fully saturated rings. The Kier molecular flexibility index (Phi) is 3.29. The van der Waals surface area contributed by atoms with Gasteiger partial charge < -0.3 is 4.79 Å². The molecule has 40 valence electrons. The van der Waals surface area contributed by atoms with Crippen LogP contribution in [0.5, 0.6) is 0 Å². The maximum Gasteiger partial charge on any atom is 0.124 e. The molecule has 0 saturated carbocycles. The highest BCUT2D eigenvalue weighted by molar-refractivity contribution is 5.53. The monoisotopic (exact) mass is 98.1 g/mol. The van der Waals surface area contributed by atoms with Crippen molar-refractivity contribution in [2.75, 3.05) is 0 Å². The van der Waals surface area contributed by atoms with E-state index in [1.54, 1.807) is 0 Å². The summed E-state index contributed by atoms with van der Waals surface area (Å²) in [4.78, 5) is 9.73. The number of carbonyl (C=O) groups is 1. The predicted molar refractivity (Wildman–Crippen MR) is 30.1 cm³/mol. The van der Waals surface area contributed by atoms with Crippen molar-refractivity contribution in [2.24, 2.45) is 0 Å². The van der Waals surface area contributed by atoms with Crippen LogP contribution in [0.3, 0.4) is 0 Å². The highest BCUT2D eigenvalue weighted by Gasteiger charge is 1.79. The Labute approximate surface area is 44.0 Å². The van der Waals surface area contributed by atoms with Gasteiger partial charge in [0.15, 0.2) is 0 Å². The number of rotatable bonds is 2. The molecule has 0 bridgehead atoms. The van der Waals surface area contributed by atoms with Crippen molar-refractivity contribution >= 4 is 6.29 Å². The summed E-state index contributed by atoms with van der Waals surface area (Å²) in [5, 5.41) is 0. The van der Waals surface area contributed by atoms with Crippen LogP contribution in [0.2, 0.25) is 0 Å². The Morgan fingerprint density at radius 3 is 2.43 bits per heavy atom. The van der Waals surface area contributed by atoms with Gasteiger partial charge in [0.2, 0.25) is 0 Å². The molecule has 0 aliphatic carbocycles. The number of aldehydes is 1. The highest BCUT2D eigenvalue weighted by atomic mass is 16.1. The molecule has 0 aromatic carbocycles. The van der Waals surface area contributed by atoms with Gasteiger partial charge in [-0.3, -0.25) is 0 Å². The lowest BCUT2D eigenvalue weighted by Crippen LogP contribution is -1.74. The van der Waals surface area contributed by atoms with E-state index in [1.165, 1.54) is 0 Å². The van der Waals surface area contributed by atoms with E-state index in [1.807, 2.05) is 19.9 Å². The maximum absolute atomic E-state index is 9.73. The summed E-state index contributed by atoms with van der Waals surface area (Å²) in [6.07, 6.45) is 3.43. The van der Waals surface area contributed by atoms with Crippen LogP contribution in [0.4, 0.5) is 0 Å². The van der Waals surface area contributed by atoms with Crippen LogP contribution in [-0.2, 0) is 4.79 Å². The molecule has 1 nitrogen and oxygen atoms in total. The third-order valence-electron chi connectivity index (χ3n) is 0.898. The zero-order valence-electron chi connectivity index (χ0n) is 4.77. The molecule has 0 heterocycles. The molecule has 0 radical (unpaired) electrons. The van der Waals surface area contributed by atoms with Gasteiger partial charge in [-0.2, -0.15) is 0 Å². The lowest BCUT2D eigenvalue weighted by Gasteiger charge is -1.84. The fourth-order valence-corrected chi connectivity index (χ4v) is 0.249. The fourth-order valence-electron chi connectivity index (χ4n) is 0.249. The minimum atomic E-state index is 0.580. The van der Waals surface area contributed by atoms with Crippen LogP contribution >= 0.6 is 0 Å². The minimum Gasteiger partial charge on any atom is -0.303 e. The molecule has 0 rings (SSSR count). The molecule has 1 heteroatoms. The van der Waals surface area contributed by atoms with E-state index >= 15 is 0 Å². The normalized spacial score (nSPS) is 11.4. The summed E-state index contributed by atoms with van der Waals surface area (Å²) in [6.45, 7) is 3.87. The summed E-state index contributed by atoms with van der Waals surface area (Å²) >= 11 is 0. The van der Waals surface area contributed by atoms with E-state index in [0.717, 1.165) is 11.9 Å². The molecule has 0 spiro atoms. The molecule has 0 N–H and O–H groups in total. The van der Waals surface area contributed by atoms with Crippen molar-refractivity contribution in [3.63, 3.8) is 0 Å². The number of allylic oxidation sites excluding steroid dienone is 2. The lowest BCUT2D eigenvalue weighted by molar-refractivity contribution is -0.107. The summed E-state index contributed by atoms with van der Waals surface area (Å²) in [5.41, 5.74) is 1.13. The second kappa shape index (κ2) is 3.59. The zero-order chi connectivity index (χ0) is 5.70. The lowest BCUT2D eigenvalue weighted by atomic mass is 10.2. The molecule has 0 saturated heterocycles. The van der Waals surface area contributed by atoms with Gasteiger partial charge >= 0.3 is 0 Å². The molecular formula is C6H10O.